The van der Waals surface area contributed by atoms with Crippen LogP contribution >= 0.6 is 0 Å². The summed E-state index contributed by atoms with van der Waals surface area (Å²) in [6, 6.07) is 10.1. The Bertz CT molecular complexity index is 710. The van der Waals surface area contributed by atoms with Gasteiger partial charge in [-0.05, 0) is 71.7 Å². The number of benzene rings is 1. The molecule has 0 aliphatic carbocycles. The second kappa shape index (κ2) is 11.0. The fourth-order valence-corrected chi connectivity index (χ4v) is 4.52. The molecule has 0 bridgehead atoms. The lowest BCUT2D eigenvalue weighted by molar-refractivity contribution is -0.130. The van der Waals surface area contributed by atoms with Gasteiger partial charge in [0.05, 0.1) is 6.04 Å². The van der Waals surface area contributed by atoms with Gasteiger partial charge >= 0.3 is 6.09 Å². The third-order valence-electron chi connectivity index (χ3n) is 6.08. The Labute approximate surface area is 187 Å². The second-order valence-corrected chi connectivity index (χ2v) is 9.86. The van der Waals surface area contributed by atoms with Gasteiger partial charge in [-0.15, -0.1) is 0 Å². The third-order valence-corrected chi connectivity index (χ3v) is 6.08. The molecule has 2 fully saturated rings. The number of hydrogen-bond acceptors (Lipinski definition) is 4. The van der Waals surface area contributed by atoms with E-state index in [9.17, 15) is 9.59 Å². The summed E-state index contributed by atoms with van der Waals surface area (Å²) in [4.78, 5) is 32.1. The number of ether oxygens (including phenoxy) is 1. The van der Waals surface area contributed by atoms with Gasteiger partial charge in [-0.2, -0.15) is 0 Å². The maximum absolute atomic E-state index is 13.0. The standard InChI is InChI=1S/C25H39N3O3/c1-25(2,3)31-24(30)28-18-13-23(29)27(17-10-16-26-14-8-5-9-15-26)20-22(28)19-21-11-6-4-7-12-21/h4,6-7,11-12,22H,5,8-10,13-20H2,1-3H3/t22-/m1/s1. The van der Waals surface area contributed by atoms with E-state index in [4.69, 9.17) is 4.74 Å². The average molecular weight is 430 g/mol. The van der Waals surface area contributed by atoms with Crippen molar-refractivity contribution in [1.82, 2.24) is 14.7 Å². The van der Waals surface area contributed by atoms with Gasteiger partial charge in [0, 0.05) is 26.1 Å². The molecule has 0 N–H and O–H groups in total. The molecule has 0 saturated carbocycles. The third kappa shape index (κ3) is 7.53. The van der Waals surface area contributed by atoms with Crippen molar-refractivity contribution in [3.05, 3.63) is 35.9 Å². The van der Waals surface area contributed by atoms with Gasteiger partial charge in [-0.25, -0.2) is 4.79 Å². The van der Waals surface area contributed by atoms with Crippen LogP contribution in [0.5, 0.6) is 0 Å². The highest BCUT2D eigenvalue weighted by molar-refractivity contribution is 5.78. The average Bonchev–Trinajstić information content (AvgIpc) is 2.87. The number of likely N-dealkylation sites (tertiary alicyclic amines) is 1. The van der Waals surface area contributed by atoms with Crippen LogP contribution in [0.1, 0.15) is 58.4 Å². The SMILES string of the molecule is CC(C)(C)OC(=O)N1CCC(=O)N(CCCN2CCCCC2)C[C@H]1Cc1ccccc1. The molecule has 2 aliphatic rings. The Morgan fingerprint density at radius 1 is 1.03 bits per heavy atom. The number of carbonyl (C=O) groups excluding carboxylic acids is 2. The van der Waals surface area contributed by atoms with E-state index >= 15 is 0 Å². The highest BCUT2D eigenvalue weighted by atomic mass is 16.6. The molecule has 0 radical (unpaired) electrons. The Kier molecular flexibility index (Phi) is 8.35. The molecule has 2 amide bonds. The van der Waals surface area contributed by atoms with Crippen molar-refractivity contribution in [2.45, 2.75) is 70.9 Å². The van der Waals surface area contributed by atoms with Crippen molar-refractivity contribution in [3.8, 4) is 0 Å². The molecule has 3 rings (SSSR count). The topological polar surface area (TPSA) is 53.1 Å². The fourth-order valence-electron chi connectivity index (χ4n) is 4.52. The Balaban J connectivity index is 1.67. The summed E-state index contributed by atoms with van der Waals surface area (Å²) in [6.07, 6.45) is 5.64. The normalized spacial score (nSPS) is 21.1. The zero-order chi connectivity index (χ0) is 22.3. The molecule has 0 aromatic heterocycles. The predicted molar refractivity (Wildman–Crippen MR) is 123 cm³/mol. The second-order valence-electron chi connectivity index (χ2n) is 9.86. The molecule has 172 valence electrons. The molecular formula is C25H39N3O3. The number of piperidine rings is 1. The number of amides is 2. The first-order chi connectivity index (χ1) is 14.8. The minimum absolute atomic E-state index is 0.0845. The van der Waals surface area contributed by atoms with Crippen LogP contribution in [0.15, 0.2) is 30.3 Å². The summed E-state index contributed by atoms with van der Waals surface area (Å²) in [5.74, 6) is 0.141. The monoisotopic (exact) mass is 429 g/mol. The minimum atomic E-state index is -0.557. The largest absolute Gasteiger partial charge is 0.444 e. The van der Waals surface area contributed by atoms with E-state index in [2.05, 4.69) is 17.0 Å². The summed E-state index contributed by atoms with van der Waals surface area (Å²) >= 11 is 0. The van der Waals surface area contributed by atoms with Gasteiger partial charge in [-0.1, -0.05) is 36.8 Å². The summed E-state index contributed by atoms with van der Waals surface area (Å²) in [6.45, 7) is 10.8. The number of rotatable bonds is 6. The first kappa shape index (κ1) is 23.6. The molecule has 6 heteroatoms. The molecule has 0 spiro atoms. The van der Waals surface area contributed by atoms with Crippen LogP contribution in [0.4, 0.5) is 4.79 Å². The van der Waals surface area contributed by atoms with Gasteiger partial charge in [-0.3, -0.25) is 4.79 Å². The number of nitrogens with zero attached hydrogens (tertiary/aromatic N) is 3. The lowest BCUT2D eigenvalue weighted by atomic mass is 10.0. The highest BCUT2D eigenvalue weighted by Crippen LogP contribution is 2.20. The van der Waals surface area contributed by atoms with Crippen molar-refractivity contribution in [3.63, 3.8) is 0 Å². The zero-order valence-electron chi connectivity index (χ0n) is 19.5. The van der Waals surface area contributed by atoms with Crippen molar-refractivity contribution >= 4 is 12.0 Å². The van der Waals surface area contributed by atoms with Crippen LogP contribution in [0.2, 0.25) is 0 Å². The molecule has 6 nitrogen and oxygen atoms in total. The zero-order valence-corrected chi connectivity index (χ0v) is 19.5. The van der Waals surface area contributed by atoms with E-state index in [1.807, 2.05) is 43.9 Å². The Hall–Kier alpha value is -2.08. The van der Waals surface area contributed by atoms with Crippen LogP contribution in [-0.4, -0.2) is 77.6 Å². The predicted octanol–water partition coefficient (Wildman–Crippen LogP) is 3.94. The molecule has 1 aromatic rings. The van der Waals surface area contributed by atoms with E-state index in [0.29, 0.717) is 19.5 Å². The van der Waals surface area contributed by atoms with Gasteiger partial charge in [0.15, 0.2) is 0 Å². The van der Waals surface area contributed by atoms with Crippen LogP contribution in [0.25, 0.3) is 0 Å². The quantitative estimate of drug-likeness (QED) is 0.687. The molecular weight excluding hydrogens is 390 g/mol. The van der Waals surface area contributed by atoms with Crippen LogP contribution in [0, 0.1) is 0 Å². The molecule has 2 aliphatic heterocycles. The van der Waals surface area contributed by atoms with E-state index in [1.165, 1.54) is 37.9 Å². The van der Waals surface area contributed by atoms with Crippen molar-refractivity contribution in [1.29, 1.82) is 0 Å². The van der Waals surface area contributed by atoms with E-state index in [0.717, 1.165) is 25.9 Å². The van der Waals surface area contributed by atoms with E-state index in [1.54, 1.807) is 4.90 Å². The first-order valence-electron chi connectivity index (χ1n) is 11.9. The molecule has 1 aromatic carbocycles. The van der Waals surface area contributed by atoms with Crippen molar-refractivity contribution in [2.75, 3.05) is 39.3 Å². The molecule has 2 saturated heterocycles. The molecule has 1 atom stereocenters. The van der Waals surface area contributed by atoms with Gasteiger partial charge < -0.3 is 19.4 Å². The number of hydrogen-bond donors (Lipinski definition) is 0. The minimum Gasteiger partial charge on any atom is -0.444 e. The van der Waals surface area contributed by atoms with Gasteiger partial charge in [0.25, 0.3) is 0 Å². The summed E-state index contributed by atoms with van der Waals surface area (Å²) in [5, 5.41) is 0. The Morgan fingerprint density at radius 2 is 1.74 bits per heavy atom. The van der Waals surface area contributed by atoms with Crippen LogP contribution in [0.3, 0.4) is 0 Å². The highest BCUT2D eigenvalue weighted by Gasteiger charge is 2.34. The van der Waals surface area contributed by atoms with Crippen LogP contribution in [-0.2, 0) is 16.0 Å². The summed E-state index contributed by atoms with van der Waals surface area (Å²) in [5.41, 5.74) is 0.613. The van der Waals surface area contributed by atoms with Crippen molar-refractivity contribution < 1.29 is 14.3 Å². The van der Waals surface area contributed by atoms with Gasteiger partial charge in [0.1, 0.15) is 5.60 Å². The summed E-state index contributed by atoms with van der Waals surface area (Å²) in [7, 11) is 0. The van der Waals surface area contributed by atoms with Crippen molar-refractivity contribution in [2.24, 2.45) is 0 Å². The van der Waals surface area contributed by atoms with Crippen LogP contribution < -0.4 is 0 Å². The lowest BCUT2D eigenvalue weighted by Crippen LogP contribution is -2.48. The Morgan fingerprint density at radius 3 is 2.42 bits per heavy atom. The molecule has 0 unspecified atom stereocenters. The van der Waals surface area contributed by atoms with Gasteiger partial charge in [0.2, 0.25) is 5.91 Å². The van der Waals surface area contributed by atoms with E-state index < -0.39 is 5.60 Å². The fraction of sp³-hybridized carbons (Fsp3) is 0.680. The maximum atomic E-state index is 13.0. The van der Waals surface area contributed by atoms with E-state index in [-0.39, 0.29) is 18.0 Å². The molecule has 31 heavy (non-hydrogen) atoms. The number of carbonyl (C=O) groups is 2. The lowest BCUT2D eigenvalue weighted by Gasteiger charge is -2.34. The first-order valence-corrected chi connectivity index (χ1v) is 11.9. The smallest absolute Gasteiger partial charge is 0.410 e. The maximum Gasteiger partial charge on any atom is 0.410 e. The molecule has 2 heterocycles. The summed E-state index contributed by atoms with van der Waals surface area (Å²) < 4.78 is 5.68.